The van der Waals surface area contributed by atoms with Gasteiger partial charge in [-0.2, -0.15) is 0 Å². The van der Waals surface area contributed by atoms with Crippen molar-refractivity contribution in [1.82, 2.24) is 0 Å². The second kappa shape index (κ2) is 6.30. The van der Waals surface area contributed by atoms with Crippen molar-refractivity contribution in [3.05, 3.63) is 24.3 Å². The predicted octanol–water partition coefficient (Wildman–Crippen LogP) is 1.87. The molecule has 2 N–H and O–H groups in total. The Labute approximate surface area is 91.8 Å². The second-order valence-corrected chi connectivity index (χ2v) is 3.42. The zero-order valence-electron chi connectivity index (χ0n) is 9.57. The van der Waals surface area contributed by atoms with Crippen LogP contribution in [-0.4, -0.2) is 26.7 Å². The maximum atomic E-state index is 5.51. The van der Waals surface area contributed by atoms with Crippen molar-refractivity contribution in [3.63, 3.8) is 0 Å². The summed E-state index contributed by atoms with van der Waals surface area (Å²) in [5, 5.41) is 0. The number of rotatable bonds is 6. The number of ether oxygens (including phenoxy) is 1. The molecule has 0 spiro atoms. The Bertz CT molecular complexity index is 271. The van der Waals surface area contributed by atoms with Crippen molar-refractivity contribution in [3.8, 4) is 5.75 Å². The van der Waals surface area contributed by atoms with Gasteiger partial charge in [-0.1, -0.05) is 0 Å². The second-order valence-electron chi connectivity index (χ2n) is 3.42. The molecule has 0 saturated carbocycles. The van der Waals surface area contributed by atoms with E-state index < -0.39 is 0 Å². The van der Waals surface area contributed by atoms with Gasteiger partial charge >= 0.3 is 0 Å². The van der Waals surface area contributed by atoms with Gasteiger partial charge in [-0.25, -0.2) is 0 Å². The molecule has 0 aliphatic heterocycles. The highest BCUT2D eigenvalue weighted by atomic mass is 16.5. The quantitative estimate of drug-likeness (QED) is 0.775. The van der Waals surface area contributed by atoms with E-state index in [0.717, 1.165) is 31.8 Å². The first kappa shape index (κ1) is 11.9. The van der Waals surface area contributed by atoms with Crippen LogP contribution in [0.3, 0.4) is 0 Å². The largest absolute Gasteiger partial charge is 0.497 e. The van der Waals surface area contributed by atoms with E-state index in [1.807, 2.05) is 12.1 Å². The summed E-state index contributed by atoms with van der Waals surface area (Å²) in [6.07, 6.45) is 1.03. The Hall–Kier alpha value is -1.22. The molecule has 0 heterocycles. The summed E-state index contributed by atoms with van der Waals surface area (Å²) in [5.41, 5.74) is 6.74. The molecule has 0 aromatic heterocycles. The van der Waals surface area contributed by atoms with Gasteiger partial charge in [-0.15, -0.1) is 0 Å². The van der Waals surface area contributed by atoms with E-state index in [1.165, 1.54) is 5.69 Å². The molecule has 0 atom stereocenters. The Morgan fingerprint density at radius 1 is 1.27 bits per heavy atom. The van der Waals surface area contributed by atoms with Crippen molar-refractivity contribution in [2.75, 3.05) is 31.6 Å². The van der Waals surface area contributed by atoms with Gasteiger partial charge in [0.25, 0.3) is 0 Å². The number of methoxy groups -OCH3 is 1. The van der Waals surface area contributed by atoms with Crippen molar-refractivity contribution in [2.45, 2.75) is 13.3 Å². The monoisotopic (exact) mass is 208 g/mol. The van der Waals surface area contributed by atoms with Gasteiger partial charge < -0.3 is 15.4 Å². The Morgan fingerprint density at radius 2 is 1.93 bits per heavy atom. The smallest absolute Gasteiger partial charge is 0.119 e. The molecular formula is C12H20N2O. The van der Waals surface area contributed by atoms with E-state index in [9.17, 15) is 0 Å². The molecule has 3 nitrogen and oxygen atoms in total. The standard InChI is InChI=1S/C12H20N2O/c1-3-14(10-4-9-13)11-5-7-12(15-2)8-6-11/h5-8H,3-4,9-10,13H2,1-2H3. The lowest BCUT2D eigenvalue weighted by molar-refractivity contribution is 0.415. The van der Waals surface area contributed by atoms with Crippen LogP contribution >= 0.6 is 0 Å². The summed E-state index contributed by atoms with van der Waals surface area (Å²) in [6.45, 7) is 4.92. The Kier molecular flexibility index (Phi) is 4.98. The average molecular weight is 208 g/mol. The number of nitrogens with zero attached hydrogens (tertiary/aromatic N) is 1. The van der Waals surface area contributed by atoms with Gasteiger partial charge in [0.2, 0.25) is 0 Å². The van der Waals surface area contributed by atoms with Crippen molar-refractivity contribution in [2.24, 2.45) is 5.73 Å². The first-order valence-electron chi connectivity index (χ1n) is 5.41. The summed E-state index contributed by atoms with van der Waals surface area (Å²) in [4.78, 5) is 2.31. The number of hydrogen-bond donors (Lipinski definition) is 1. The van der Waals surface area contributed by atoms with E-state index >= 15 is 0 Å². The van der Waals surface area contributed by atoms with E-state index in [1.54, 1.807) is 7.11 Å². The molecule has 1 aromatic rings. The molecule has 0 radical (unpaired) electrons. The summed E-state index contributed by atoms with van der Waals surface area (Å²) in [7, 11) is 1.68. The maximum Gasteiger partial charge on any atom is 0.119 e. The van der Waals surface area contributed by atoms with Crippen LogP contribution in [0.25, 0.3) is 0 Å². The van der Waals surface area contributed by atoms with Gasteiger partial charge in [0, 0.05) is 18.8 Å². The first-order valence-corrected chi connectivity index (χ1v) is 5.41. The van der Waals surface area contributed by atoms with Gasteiger partial charge in [0.05, 0.1) is 7.11 Å². The van der Waals surface area contributed by atoms with E-state index in [-0.39, 0.29) is 0 Å². The number of hydrogen-bond acceptors (Lipinski definition) is 3. The lowest BCUT2D eigenvalue weighted by Gasteiger charge is -2.22. The van der Waals surface area contributed by atoms with Gasteiger partial charge in [0.15, 0.2) is 0 Å². The molecule has 1 aromatic carbocycles. The van der Waals surface area contributed by atoms with Crippen molar-refractivity contribution >= 4 is 5.69 Å². The summed E-state index contributed by atoms with van der Waals surface area (Å²) in [6, 6.07) is 8.14. The van der Waals surface area contributed by atoms with Crippen LogP contribution in [0.4, 0.5) is 5.69 Å². The molecule has 0 aliphatic rings. The number of benzene rings is 1. The minimum Gasteiger partial charge on any atom is -0.497 e. The lowest BCUT2D eigenvalue weighted by atomic mass is 10.2. The Balaban J connectivity index is 2.65. The molecule has 15 heavy (non-hydrogen) atoms. The van der Waals surface area contributed by atoms with Gasteiger partial charge in [-0.05, 0) is 44.2 Å². The molecule has 0 aliphatic carbocycles. The fourth-order valence-corrected chi connectivity index (χ4v) is 1.54. The summed E-state index contributed by atoms with van der Waals surface area (Å²) >= 11 is 0. The van der Waals surface area contributed by atoms with Gasteiger partial charge in [0.1, 0.15) is 5.75 Å². The first-order chi connectivity index (χ1) is 7.31. The van der Waals surface area contributed by atoms with Crippen molar-refractivity contribution in [1.29, 1.82) is 0 Å². The third-order valence-electron chi connectivity index (χ3n) is 2.45. The fraction of sp³-hybridized carbons (Fsp3) is 0.500. The topological polar surface area (TPSA) is 38.5 Å². The highest BCUT2D eigenvalue weighted by Gasteiger charge is 2.02. The fourth-order valence-electron chi connectivity index (χ4n) is 1.54. The number of nitrogens with two attached hydrogens (primary N) is 1. The molecular weight excluding hydrogens is 188 g/mol. The molecule has 0 saturated heterocycles. The summed E-state index contributed by atoms with van der Waals surface area (Å²) < 4.78 is 5.13. The highest BCUT2D eigenvalue weighted by molar-refractivity contribution is 5.48. The zero-order chi connectivity index (χ0) is 11.1. The van der Waals surface area contributed by atoms with Crippen LogP contribution in [0.15, 0.2) is 24.3 Å². The van der Waals surface area contributed by atoms with E-state index in [4.69, 9.17) is 10.5 Å². The van der Waals surface area contributed by atoms with Crippen LogP contribution < -0.4 is 15.4 Å². The molecule has 3 heteroatoms. The molecule has 84 valence electrons. The lowest BCUT2D eigenvalue weighted by Crippen LogP contribution is -2.25. The molecule has 0 fully saturated rings. The third-order valence-corrected chi connectivity index (χ3v) is 2.45. The molecule has 0 amide bonds. The Morgan fingerprint density at radius 3 is 2.40 bits per heavy atom. The van der Waals surface area contributed by atoms with Crippen LogP contribution in [0.1, 0.15) is 13.3 Å². The zero-order valence-corrected chi connectivity index (χ0v) is 9.57. The highest BCUT2D eigenvalue weighted by Crippen LogP contribution is 2.18. The van der Waals surface area contributed by atoms with Crippen LogP contribution in [0, 0.1) is 0 Å². The van der Waals surface area contributed by atoms with Crippen LogP contribution in [0.5, 0.6) is 5.75 Å². The van der Waals surface area contributed by atoms with Gasteiger partial charge in [-0.3, -0.25) is 0 Å². The predicted molar refractivity (Wildman–Crippen MR) is 64.6 cm³/mol. The van der Waals surface area contributed by atoms with E-state index in [0.29, 0.717) is 0 Å². The molecule has 1 rings (SSSR count). The molecule has 0 bridgehead atoms. The summed E-state index contributed by atoms with van der Waals surface area (Å²) in [5.74, 6) is 0.897. The number of anilines is 1. The normalized spacial score (nSPS) is 10.1. The SMILES string of the molecule is CCN(CCCN)c1ccc(OC)cc1. The van der Waals surface area contributed by atoms with Crippen molar-refractivity contribution < 1.29 is 4.74 Å². The minimum atomic E-state index is 0.743. The van der Waals surface area contributed by atoms with E-state index in [2.05, 4.69) is 24.0 Å². The van der Waals surface area contributed by atoms with Crippen LogP contribution in [0.2, 0.25) is 0 Å². The minimum absolute atomic E-state index is 0.743. The average Bonchev–Trinajstić information content (AvgIpc) is 2.31. The molecule has 0 unspecified atom stereocenters. The maximum absolute atomic E-state index is 5.51. The third kappa shape index (κ3) is 3.44. The van der Waals surface area contributed by atoms with Crippen LogP contribution in [-0.2, 0) is 0 Å².